The molecule has 3 rings (SSSR count). The van der Waals surface area contributed by atoms with E-state index < -0.39 is 25.9 Å². The monoisotopic (exact) mass is 432 g/mol. The van der Waals surface area contributed by atoms with Crippen molar-refractivity contribution in [1.29, 1.82) is 0 Å². The molecule has 0 amide bonds. The second-order valence-electron chi connectivity index (χ2n) is 6.20. The maximum Gasteiger partial charge on any atom is 0.243 e. The quantitative estimate of drug-likeness (QED) is 0.743. The zero-order chi connectivity index (χ0) is 19.8. The Kier molecular flexibility index (Phi) is 5.60. The average molecular weight is 433 g/mol. The highest BCUT2D eigenvalue weighted by Gasteiger charge is 2.33. The maximum atomic E-state index is 13.3. The Hall–Kier alpha value is -1.52. The molecule has 1 aliphatic rings. The highest BCUT2D eigenvalue weighted by molar-refractivity contribution is 7.89. The van der Waals surface area contributed by atoms with Gasteiger partial charge in [0.05, 0.1) is 14.8 Å². The molecule has 2 aromatic rings. The van der Waals surface area contributed by atoms with Crippen LogP contribution in [0.3, 0.4) is 0 Å². The van der Waals surface area contributed by atoms with Crippen LogP contribution in [0.25, 0.3) is 0 Å². The summed E-state index contributed by atoms with van der Waals surface area (Å²) in [6, 6.07) is 9.70. The number of rotatable bonds is 4. The number of halogens is 2. The molecule has 0 aliphatic carbocycles. The first-order valence-electron chi connectivity index (χ1n) is 8.14. The van der Waals surface area contributed by atoms with Crippen molar-refractivity contribution in [3.63, 3.8) is 0 Å². The lowest BCUT2D eigenvalue weighted by Gasteiger charge is -2.33. The van der Waals surface area contributed by atoms with Crippen LogP contribution in [0.4, 0.5) is 4.39 Å². The fraction of sp³-hybridized carbons (Fsp3) is 0.294. The van der Waals surface area contributed by atoms with Gasteiger partial charge in [0.1, 0.15) is 5.82 Å². The van der Waals surface area contributed by atoms with Crippen molar-refractivity contribution in [3.8, 4) is 0 Å². The zero-order valence-electron chi connectivity index (χ0n) is 14.5. The summed E-state index contributed by atoms with van der Waals surface area (Å²) in [4.78, 5) is 0.0541. The van der Waals surface area contributed by atoms with Crippen LogP contribution in [0, 0.1) is 12.7 Å². The fourth-order valence-electron chi connectivity index (χ4n) is 2.80. The van der Waals surface area contributed by atoms with E-state index in [1.807, 2.05) is 6.92 Å². The second-order valence-corrected chi connectivity index (χ2v) is 10.5. The lowest BCUT2D eigenvalue weighted by Crippen LogP contribution is -2.50. The summed E-state index contributed by atoms with van der Waals surface area (Å²) >= 11 is 5.68. The van der Waals surface area contributed by atoms with Crippen molar-refractivity contribution in [2.24, 2.45) is 0 Å². The minimum atomic E-state index is -3.88. The lowest BCUT2D eigenvalue weighted by atomic mass is 10.2. The Labute approximate surface area is 163 Å². The smallest absolute Gasteiger partial charge is 0.207 e. The minimum absolute atomic E-state index is 0.00240. The third-order valence-electron chi connectivity index (χ3n) is 4.39. The van der Waals surface area contributed by atoms with Crippen LogP contribution in [-0.2, 0) is 20.0 Å². The molecule has 0 N–H and O–H groups in total. The van der Waals surface area contributed by atoms with Gasteiger partial charge < -0.3 is 0 Å². The van der Waals surface area contributed by atoms with E-state index in [-0.39, 0.29) is 41.0 Å². The van der Waals surface area contributed by atoms with Gasteiger partial charge in [-0.2, -0.15) is 8.61 Å². The number of aryl methyl sites for hydroxylation is 1. The van der Waals surface area contributed by atoms with Gasteiger partial charge in [0.25, 0.3) is 0 Å². The Morgan fingerprint density at radius 1 is 0.815 bits per heavy atom. The van der Waals surface area contributed by atoms with E-state index in [9.17, 15) is 21.2 Å². The first kappa shape index (κ1) is 20.2. The molecule has 1 saturated heterocycles. The Bertz CT molecular complexity index is 1050. The average Bonchev–Trinajstić information content (AvgIpc) is 2.64. The molecule has 2 aromatic carbocycles. The molecule has 0 atom stereocenters. The first-order chi connectivity index (χ1) is 12.6. The summed E-state index contributed by atoms with van der Waals surface area (Å²) in [5, 5.41) is -0.281. The topological polar surface area (TPSA) is 74.8 Å². The molecular weight excluding hydrogens is 415 g/mol. The van der Waals surface area contributed by atoms with E-state index in [1.165, 1.54) is 20.7 Å². The standard InChI is InChI=1S/C17H18ClFN2O4S2/c1-13-2-4-14(5-3-13)26(22,23)20-8-10-21(11-9-20)27(24,25)15-6-7-17(19)16(18)12-15/h2-7,12H,8-11H2,1H3. The summed E-state index contributed by atoms with van der Waals surface area (Å²) in [6.45, 7) is 1.93. The van der Waals surface area contributed by atoms with Crippen molar-refractivity contribution >= 4 is 31.6 Å². The molecule has 10 heteroatoms. The summed E-state index contributed by atoms with van der Waals surface area (Å²) in [6.07, 6.45) is 0. The third-order valence-corrected chi connectivity index (χ3v) is 8.48. The van der Waals surface area contributed by atoms with E-state index in [2.05, 4.69) is 0 Å². The van der Waals surface area contributed by atoms with E-state index >= 15 is 0 Å². The largest absolute Gasteiger partial charge is 0.243 e. The molecule has 27 heavy (non-hydrogen) atoms. The van der Waals surface area contributed by atoms with Crippen LogP contribution in [-0.4, -0.2) is 51.6 Å². The molecule has 6 nitrogen and oxygen atoms in total. The molecule has 1 fully saturated rings. The van der Waals surface area contributed by atoms with Gasteiger partial charge in [-0.25, -0.2) is 21.2 Å². The number of benzene rings is 2. The highest BCUT2D eigenvalue weighted by atomic mass is 35.5. The molecule has 0 aromatic heterocycles. The fourth-order valence-corrected chi connectivity index (χ4v) is 5.91. The Morgan fingerprint density at radius 3 is 1.74 bits per heavy atom. The molecule has 0 saturated carbocycles. The first-order valence-corrected chi connectivity index (χ1v) is 11.4. The normalized spacial score (nSPS) is 17.1. The van der Waals surface area contributed by atoms with Gasteiger partial charge in [-0.3, -0.25) is 0 Å². The molecule has 1 heterocycles. The lowest BCUT2D eigenvalue weighted by molar-refractivity contribution is 0.273. The van der Waals surface area contributed by atoms with Crippen molar-refractivity contribution in [2.45, 2.75) is 16.7 Å². The van der Waals surface area contributed by atoms with Gasteiger partial charge >= 0.3 is 0 Å². The van der Waals surface area contributed by atoms with Gasteiger partial charge in [-0.05, 0) is 37.3 Å². The van der Waals surface area contributed by atoms with E-state index in [0.717, 1.165) is 23.8 Å². The van der Waals surface area contributed by atoms with Crippen LogP contribution < -0.4 is 0 Å². The molecule has 0 spiro atoms. The number of hydrogen-bond acceptors (Lipinski definition) is 4. The molecular formula is C17H18ClFN2O4S2. The highest BCUT2D eigenvalue weighted by Crippen LogP contribution is 2.25. The van der Waals surface area contributed by atoms with Crippen molar-refractivity contribution in [3.05, 3.63) is 58.9 Å². The van der Waals surface area contributed by atoms with Gasteiger partial charge in [0.2, 0.25) is 20.0 Å². The zero-order valence-corrected chi connectivity index (χ0v) is 16.9. The SMILES string of the molecule is Cc1ccc(S(=O)(=O)N2CCN(S(=O)(=O)c3ccc(F)c(Cl)c3)CC2)cc1. The Balaban J connectivity index is 1.76. The number of piperazine rings is 1. The molecule has 1 aliphatic heterocycles. The molecule has 0 unspecified atom stereocenters. The predicted molar refractivity (Wildman–Crippen MR) is 100 cm³/mol. The van der Waals surface area contributed by atoms with E-state index in [0.29, 0.717) is 0 Å². The van der Waals surface area contributed by atoms with Crippen LogP contribution in [0.2, 0.25) is 5.02 Å². The van der Waals surface area contributed by atoms with Crippen LogP contribution in [0.5, 0.6) is 0 Å². The summed E-state index contributed by atoms with van der Waals surface area (Å²) in [5.41, 5.74) is 0.947. The second kappa shape index (κ2) is 7.48. The number of nitrogens with zero attached hydrogens (tertiary/aromatic N) is 2. The van der Waals surface area contributed by atoms with Crippen molar-refractivity contribution < 1.29 is 21.2 Å². The molecule has 146 valence electrons. The molecule has 0 radical (unpaired) electrons. The molecule has 0 bridgehead atoms. The predicted octanol–water partition coefficient (Wildman–Crippen LogP) is 2.48. The summed E-state index contributed by atoms with van der Waals surface area (Å²) < 4.78 is 66.5. The van der Waals surface area contributed by atoms with Gasteiger partial charge in [-0.1, -0.05) is 29.3 Å². The third kappa shape index (κ3) is 4.02. The van der Waals surface area contributed by atoms with Crippen LogP contribution in [0.1, 0.15) is 5.56 Å². The van der Waals surface area contributed by atoms with Gasteiger partial charge in [-0.15, -0.1) is 0 Å². The van der Waals surface area contributed by atoms with Crippen LogP contribution in [0.15, 0.2) is 52.3 Å². The van der Waals surface area contributed by atoms with Crippen LogP contribution >= 0.6 is 11.6 Å². The van der Waals surface area contributed by atoms with E-state index in [4.69, 9.17) is 11.6 Å². The maximum absolute atomic E-state index is 13.3. The van der Waals surface area contributed by atoms with Gasteiger partial charge in [0.15, 0.2) is 0 Å². The van der Waals surface area contributed by atoms with Gasteiger partial charge in [0, 0.05) is 26.2 Å². The van der Waals surface area contributed by atoms with Crippen molar-refractivity contribution in [2.75, 3.05) is 26.2 Å². The minimum Gasteiger partial charge on any atom is -0.207 e. The van der Waals surface area contributed by atoms with Crippen molar-refractivity contribution in [1.82, 2.24) is 8.61 Å². The summed E-state index contributed by atoms with van der Waals surface area (Å²) in [5.74, 6) is -0.704. The van der Waals surface area contributed by atoms with E-state index in [1.54, 1.807) is 12.1 Å². The Morgan fingerprint density at radius 2 is 1.26 bits per heavy atom. The summed E-state index contributed by atoms with van der Waals surface area (Å²) in [7, 11) is -7.56. The number of hydrogen-bond donors (Lipinski definition) is 0. The number of sulfonamides is 2.